The van der Waals surface area contributed by atoms with Crippen molar-refractivity contribution in [2.45, 2.75) is 24.4 Å². The third kappa shape index (κ3) is 3.31. The molecule has 136 valence electrons. The van der Waals surface area contributed by atoms with Crippen molar-refractivity contribution in [2.75, 3.05) is 5.73 Å². The van der Waals surface area contributed by atoms with Crippen LogP contribution in [0.5, 0.6) is 0 Å². The maximum absolute atomic E-state index is 6.07. The van der Waals surface area contributed by atoms with E-state index in [9.17, 15) is 0 Å². The number of anilines is 1. The molecule has 0 radical (unpaired) electrons. The van der Waals surface area contributed by atoms with Crippen molar-refractivity contribution in [2.24, 2.45) is 0 Å². The minimum absolute atomic E-state index is 0.485. The first-order chi connectivity index (χ1) is 13.2. The number of furan rings is 1. The molecular weight excluding hydrogens is 360 g/mol. The fourth-order valence-electron chi connectivity index (χ4n) is 2.85. The molecule has 27 heavy (non-hydrogen) atoms. The molecule has 4 aromatic rings. The summed E-state index contributed by atoms with van der Waals surface area (Å²) >= 11 is 1.51. The maximum atomic E-state index is 6.07. The van der Waals surface area contributed by atoms with Gasteiger partial charge in [-0.25, -0.2) is 9.97 Å². The Kier molecular flexibility index (Phi) is 4.64. The van der Waals surface area contributed by atoms with Gasteiger partial charge in [-0.3, -0.25) is 4.57 Å². The maximum Gasteiger partial charge on any atom is 0.192 e. The van der Waals surface area contributed by atoms with Gasteiger partial charge in [0.05, 0.1) is 23.1 Å². The zero-order valence-electron chi connectivity index (χ0n) is 14.8. The minimum Gasteiger partial charge on any atom is -0.469 e. The summed E-state index contributed by atoms with van der Waals surface area (Å²) in [4.78, 5) is 9.01. The molecule has 3 aromatic heterocycles. The highest BCUT2D eigenvalue weighted by Gasteiger charge is 2.17. The summed E-state index contributed by atoms with van der Waals surface area (Å²) in [5.41, 5.74) is 7.83. The number of hydrogen-bond donors (Lipinski definition) is 1. The van der Waals surface area contributed by atoms with E-state index in [0.717, 1.165) is 33.2 Å². The van der Waals surface area contributed by atoms with E-state index >= 15 is 0 Å². The van der Waals surface area contributed by atoms with E-state index < -0.39 is 0 Å². The fraction of sp³-hybridized carbons (Fsp3) is 0.158. The first-order valence-electron chi connectivity index (χ1n) is 8.40. The van der Waals surface area contributed by atoms with Gasteiger partial charge in [0.25, 0.3) is 0 Å². The molecular formula is C19H18N6OS. The van der Waals surface area contributed by atoms with Crippen LogP contribution in [0.3, 0.4) is 0 Å². The van der Waals surface area contributed by atoms with Crippen LogP contribution in [0.1, 0.15) is 11.6 Å². The lowest BCUT2D eigenvalue weighted by atomic mass is 10.2. The molecule has 0 saturated carbocycles. The molecule has 0 spiro atoms. The molecule has 4 rings (SSSR count). The number of benzene rings is 1. The van der Waals surface area contributed by atoms with E-state index in [0.29, 0.717) is 23.9 Å². The molecule has 1 aromatic carbocycles. The van der Waals surface area contributed by atoms with Crippen molar-refractivity contribution in [3.8, 4) is 11.4 Å². The lowest BCUT2D eigenvalue weighted by Gasteiger charge is -2.08. The van der Waals surface area contributed by atoms with Crippen molar-refractivity contribution in [3.63, 3.8) is 0 Å². The Morgan fingerprint density at radius 1 is 1.22 bits per heavy atom. The first-order valence-corrected chi connectivity index (χ1v) is 9.38. The topological polar surface area (TPSA) is 95.7 Å². The molecule has 2 N–H and O–H groups in total. The lowest BCUT2D eigenvalue weighted by Crippen LogP contribution is -2.03. The van der Waals surface area contributed by atoms with Gasteiger partial charge in [0.15, 0.2) is 11.0 Å². The van der Waals surface area contributed by atoms with E-state index in [1.54, 1.807) is 6.26 Å². The summed E-state index contributed by atoms with van der Waals surface area (Å²) in [5.74, 6) is 3.23. The second-order valence-corrected chi connectivity index (χ2v) is 6.87. The van der Waals surface area contributed by atoms with Gasteiger partial charge in [0, 0.05) is 11.9 Å². The van der Waals surface area contributed by atoms with Crippen LogP contribution in [-0.4, -0.2) is 24.7 Å². The minimum atomic E-state index is 0.485. The van der Waals surface area contributed by atoms with Crippen LogP contribution < -0.4 is 5.73 Å². The molecule has 0 aliphatic heterocycles. The molecule has 0 fully saturated rings. The van der Waals surface area contributed by atoms with E-state index in [4.69, 9.17) is 10.2 Å². The monoisotopic (exact) mass is 378 g/mol. The van der Waals surface area contributed by atoms with Gasteiger partial charge < -0.3 is 10.2 Å². The van der Waals surface area contributed by atoms with E-state index in [-0.39, 0.29) is 0 Å². The van der Waals surface area contributed by atoms with Gasteiger partial charge >= 0.3 is 0 Å². The van der Waals surface area contributed by atoms with Crippen LogP contribution in [0, 0.1) is 6.92 Å². The first kappa shape index (κ1) is 17.3. The molecule has 0 aliphatic carbocycles. The third-order valence-corrected chi connectivity index (χ3v) is 5.10. The van der Waals surface area contributed by atoms with Crippen molar-refractivity contribution < 1.29 is 4.42 Å². The highest BCUT2D eigenvalue weighted by molar-refractivity contribution is 7.98. The zero-order chi connectivity index (χ0) is 18.8. The predicted octanol–water partition coefficient (Wildman–Crippen LogP) is 3.85. The van der Waals surface area contributed by atoms with Gasteiger partial charge in [-0.2, -0.15) is 0 Å². The zero-order valence-corrected chi connectivity index (χ0v) is 15.6. The average molecular weight is 378 g/mol. The van der Waals surface area contributed by atoms with Crippen LogP contribution in [0.25, 0.3) is 22.3 Å². The number of nitrogens with two attached hydrogens (primary N) is 1. The standard InChI is InChI=1S/C19H18N6OS/c1-3-9-25-18(13-8-10-26-12(13)2)23-24-19(25)27-11-16-21-15-7-5-4-6-14(15)17(20)22-16/h3-8,10H,1,9,11H2,2H3,(H2,20,21,22). The summed E-state index contributed by atoms with van der Waals surface area (Å²) < 4.78 is 7.40. The molecule has 0 unspecified atom stereocenters. The Bertz CT molecular complexity index is 1120. The van der Waals surface area contributed by atoms with Gasteiger partial charge in [0.2, 0.25) is 0 Å². The number of aromatic nitrogens is 5. The highest BCUT2D eigenvalue weighted by atomic mass is 32.2. The number of fused-ring (bicyclic) bond motifs is 1. The third-order valence-electron chi connectivity index (χ3n) is 4.14. The number of thioether (sulfide) groups is 1. The van der Waals surface area contributed by atoms with Crippen molar-refractivity contribution in [1.29, 1.82) is 0 Å². The molecule has 0 bridgehead atoms. The Labute approximate surface area is 160 Å². The van der Waals surface area contributed by atoms with Crippen molar-refractivity contribution in [1.82, 2.24) is 24.7 Å². The molecule has 8 heteroatoms. The Morgan fingerprint density at radius 2 is 2.07 bits per heavy atom. The second-order valence-electron chi connectivity index (χ2n) is 5.93. The van der Waals surface area contributed by atoms with Crippen LogP contribution in [-0.2, 0) is 12.3 Å². The van der Waals surface area contributed by atoms with Crippen LogP contribution >= 0.6 is 11.8 Å². The van der Waals surface area contributed by atoms with Gasteiger partial charge in [-0.1, -0.05) is 30.0 Å². The lowest BCUT2D eigenvalue weighted by molar-refractivity contribution is 0.534. The number of allylic oxidation sites excluding steroid dienone is 1. The smallest absolute Gasteiger partial charge is 0.192 e. The molecule has 7 nitrogen and oxygen atoms in total. The normalized spacial score (nSPS) is 11.1. The van der Waals surface area contributed by atoms with Crippen molar-refractivity contribution in [3.05, 3.63) is 60.8 Å². The van der Waals surface area contributed by atoms with Crippen molar-refractivity contribution >= 4 is 28.5 Å². The highest BCUT2D eigenvalue weighted by Crippen LogP contribution is 2.28. The van der Waals surface area contributed by atoms with Crippen LogP contribution in [0.4, 0.5) is 5.82 Å². The SMILES string of the molecule is C=CCn1c(SCc2nc(N)c3ccccc3n2)nnc1-c1ccoc1C. The number of rotatable bonds is 6. The van der Waals surface area contributed by atoms with E-state index in [1.807, 2.05) is 47.9 Å². The summed E-state index contributed by atoms with van der Waals surface area (Å²) in [5, 5.41) is 10.3. The second kappa shape index (κ2) is 7.24. The van der Waals surface area contributed by atoms with Gasteiger partial charge in [-0.05, 0) is 25.1 Å². The summed E-state index contributed by atoms with van der Waals surface area (Å²) in [6.07, 6.45) is 3.47. The molecule has 0 amide bonds. The van der Waals surface area contributed by atoms with Crippen LogP contribution in [0.2, 0.25) is 0 Å². The Balaban J connectivity index is 1.63. The molecule has 0 aliphatic rings. The Hall–Kier alpha value is -3.13. The largest absolute Gasteiger partial charge is 0.469 e. The van der Waals surface area contributed by atoms with Crippen LogP contribution in [0.15, 0.2) is 58.8 Å². The number of para-hydroxylation sites is 1. The summed E-state index contributed by atoms with van der Waals surface area (Å²) in [6, 6.07) is 9.60. The fourth-order valence-corrected chi connectivity index (χ4v) is 3.65. The Morgan fingerprint density at radius 3 is 2.85 bits per heavy atom. The number of nitrogens with zero attached hydrogens (tertiary/aromatic N) is 5. The molecule has 3 heterocycles. The van der Waals surface area contributed by atoms with Gasteiger partial charge in [0.1, 0.15) is 17.4 Å². The molecule has 0 saturated heterocycles. The summed E-state index contributed by atoms with van der Waals surface area (Å²) in [7, 11) is 0. The number of nitrogen functional groups attached to an aromatic ring is 1. The predicted molar refractivity (Wildman–Crippen MR) is 106 cm³/mol. The van der Waals surface area contributed by atoms with E-state index in [2.05, 4.69) is 26.7 Å². The van der Waals surface area contributed by atoms with E-state index in [1.165, 1.54) is 11.8 Å². The average Bonchev–Trinajstić information content (AvgIpc) is 3.26. The number of aryl methyl sites for hydroxylation is 1. The number of hydrogen-bond acceptors (Lipinski definition) is 7. The summed E-state index contributed by atoms with van der Waals surface area (Å²) in [6.45, 7) is 6.33. The van der Waals surface area contributed by atoms with Gasteiger partial charge in [-0.15, -0.1) is 16.8 Å². The molecule has 0 atom stereocenters. The quantitative estimate of drug-likeness (QED) is 0.402.